The maximum absolute atomic E-state index is 5.44. The summed E-state index contributed by atoms with van der Waals surface area (Å²) in [5.74, 6) is 0.929. The van der Waals surface area contributed by atoms with Crippen molar-refractivity contribution in [3.8, 4) is 5.75 Å². The van der Waals surface area contributed by atoms with Gasteiger partial charge >= 0.3 is 0 Å². The predicted octanol–water partition coefficient (Wildman–Crippen LogP) is 4.31. The number of anilines is 1. The highest BCUT2D eigenvalue weighted by atomic mass is 32.1. The van der Waals surface area contributed by atoms with E-state index >= 15 is 0 Å². The van der Waals surface area contributed by atoms with Crippen LogP contribution in [0, 0.1) is 6.92 Å². The molecule has 23 heavy (non-hydrogen) atoms. The molecule has 0 amide bonds. The third-order valence-corrected chi connectivity index (χ3v) is 3.72. The van der Waals surface area contributed by atoms with Gasteiger partial charge in [-0.2, -0.15) is 0 Å². The third-order valence-electron chi connectivity index (χ3n) is 3.47. The number of nitrogens with one attached hydrogen (secondary N) is 2. The molecule has 122 valence electrons. The molecule has 0 aliphatic carbocycles. The van der Waals surface area contributed by atoms with Crippen molar-refractivity contribution in [2.75, 3.05) is 18.5 Å². The van der Waals surface area contributed by atoms with Crippen LogP contribution >= 0.6 is 12.2 Å². The van der Waals surface area contributed by atoms with Gasteiger partial charge in [0, 0.05) is 12.2 Å². The monoisotopic (exact) mass is 328 g/mol. The molecule has 0 saturated heterocycles. The number of hydrogen-bond acceptors (Lipinski definition) is 2. The molecular weight excluding hydrogens is 304 g/mol. The molecule has 0 aliphatic heterocycles. The Hall–Kier alpha value is -2.07. The van der Waals surface area contributed by atoms with Crippen LogP contribution in [0.25, 0.3) is 0 Å². The Bertz CT molecular complexity index is 608. The first-order chi connectivity index (χ1) is 11.2. The highest BCUT2D eigenvalue weighted by molar-refractivity contribution is 7.80. The molecule has 0 spiro atoms. The summed E-state index contributed by atoms with van der Waals surface area (Å²) < 4.78 is 5.44. The average Bonchev–Trinajstić information content (AvgIpc) is 2.55. The van der Waals surface area contributed by atoms with E-state index in [1.54, 1.807) is 0 Å². The van der Waals surface area contributed by atoms with Crippen LogP contribution in [0.5, 0.6) is 5.75 Å². The van der Waals surface area contributed by atoms with E-state index in [0.717, 1.165) is 30.8 Å². The van der Waals surface area contributed by atoms with Crippen molar-refractivity contribution >= 4 is 23.0 Å². The first-order valence-corrected chi connectivity index (χ1v) is 8.41. The van der Waals surface area contributed by atoms with Crippen LogP contribution in [0.4, 0.5) is 5.69 Å². The minimum absolute atomic E-state index is 0.667. The summed E-state index contributed by atoms with van der Waals surface area (Å²) in [4.78, 5) is 0. The van der Waals surface area contributed by atoms with Crippen molar-refractivity contribution in [1.29, 1.82) is 0 Å². The van der Waals surface area contributed by atoms with E-state index in [1.807, 2.05) is 31.2 Å². The van der Waals surface area contributed by atoms with Crippen LogP contribution in [0.2, 0.25) is 0 Å². The van der Waals surface area contributed by atoms with Gasteiger partial charge < -0.3 is 15.4 Å². The normalized spacial score (nSPS) is 10.2. The molecule has 2 aromatic carbocycles. The van der Waals surface area contributed by atoms with E-state index in [1.165, 1.54) is 11.1 Å². The highest BCUT2D eigenvalue weighted by Crippen LogP contribution is 2.13. The average molecular weight is 328 g/mol. The van der Waals surface area contributed by atoms with Crippen LogP contribution in [0.15, 0.2) is 48.5 Å². The first kappa shape index (κ1) is 17.3. The molecule has 0 aromatic heterocycles. The zero-order chi connectivity index (χ0) is 16.5. The van der Waals surface area contributed by atoms with Crippen molar-refractivity contribution in [2.45, 2.75) is 26.7 Å². The number of hydrogen-bond donors (Lipinski definition) is 2. The maximum Gasteiger partial charge on any atom is 0.170 e. The van der Waals surface area contributed by atoms with Gasteiger partial charge in [-0.15, -0.1) is 0 Å². The van der Waals surface area contributed by atoms with Crippen LogP contribution < -0.4 is 15.4 Å². The number of aryl methyl sites for hydroxylation is 2. The predicted molar refractivity (Wildman–Crippen MR) is 101 cm³/mol. The van der Waals surface area contributed by atoms with E-state index in [0.29, 0.717) is 11.7 Å². The molecule has 3 nitrogen and oxygen atoms in total. The second-order valence-corrected chi connectivity index (χ2v) is 5.84. The fourth-order valence-electron chi connectivity index (χ4n) is 2.23. The molecule has 0 radical (unpaired) electrons. The minimum atomic E-state index is 0.667. The summed E-state index contributed by atoms with van der Waals surface area (Å²) in [7, 11) is 0. The van der Waals surface area contributed by atoms with Crippen LogP contribution in [0.3, 0.4) is 0 Å². The Morgan fingerprint density at radius 1 is 1.04 bits per heavy atom. The second kappa shape index (κ2) is 9.16. The molecule has 2 aromatic rings. The SMILES string of the molecule is CCOc1ccc(CCCNC(=S)Nc2ccc(C)cc2)cc1. The second-order valence-electron chi connectivity index (χ2n) is 5.43. The van der Waals surface area contributed by atoms with Crippen molar-refractivity contribution in [2.24, 2.45) is 0 Å². The summed E-state index contributed by atoms with van der Waals surface area (Å²) in [5.41, 5.74) is 3.57. The van der Waals surface area contributed by atoms with Gasteiger partial charge in [0.1, 0.15) is 5.75 Å². The van der Waals surface area contributed by atoms with Gasteiger partial charge in [0.25, 0.3) is 0 Å². The molecule has 2 N–H and O–H groups in total. The van der Waals surface area contributed by atoms with E-state index in [2.05, 4.69) is 41.8 Å². The standard InChI is InChI=1S/C19H24N2OS/c1-3-22-18-12-8-16(9-13-18)5-4-14-20-19(23)21-17-10-6-15(2)7-11-17/h6-13H,3-5,14H2,1-2H3,(H2,20,21,23). The van der Waals surface area contributed by atoms with Crippen molar-refractivity contribution in [3.63, 3.8) is 0 Å². The van der Waals surface area contributed by atoms with E-state index < -0.39 is 0 Å². The lowest BCUT2D eigenvalue weighted by Crippen LogP contribution is -2.29. The third kappa shape index (κ3) is 6.28. The van der Waals surface area contributed by atoms with Crippen molar-refractivity contribution in [3.05, 3.63) is 59.7 Å². The smallest absolute Gasteiger partial charge is 0.170 e. The molecular formula is C19H24N2OS. The zero-order valence-electron chi connectivity index (χ0n) is 13.8. The number of ether oxygens (including phenoxy) is 1. The first-order valence-electron chi connectivity index (χ1n) is 8.00. The Balaban J connectivity index is 1.66. The van der Waals surface area contributed by atoms with Gasteiger partial charge in [-0.3, -0.25) is 0 Å². The van der Waals surface area contributed by atoms with E-state index in [9.17, 15) is 0 Å². The molecule has 4 heteroatoms. The highest BCUT2D eigenvalue weighted by Gasteiger charge is 1.99. The van der Waals surface area contributed by atoms with Crippen molar-refractivity contribution in [1.82, 2.24) is 5.32 Å². The molecule has 0 bridgehead atoms. The number of benzene rings is 2. The molecule has 0 unspecified atom stereocenters. The lowest BCUT2D eigenvalue weighted by molar-refractivity contribution is 0.340. The van der Waals surface area contributed by atoms with Crippen LogP contribution in [-0.2, 0) is 6.42 Å². The molecule has 0 atom stereocenters. The summed E-state index contributed by atoms with van der Waals surface area (Å²) in [6.45, 7) is 5.62. The van der Waals surface area contributed by atoms with E-state index in [-0.39, 0.29) is 0 Å². The summed E-state index contributed by atoms with van der Waals surface area (Å²) in [6.07, 6.45) is 2.05. The maximum atomic E-state index is 5.44. The van der Waals surface area contributed by atoms with Crippen molar-refractivity contribution < 1.29 is 4.74 Å². The molecule has 0 heterocycles. The molecule has 2 rings (SSSR count). The van der Waals surface area contributed by atoms with Gasteiger partial charge in [-0.25, -0.2) is 0 Å². The topological polar surface area (TPSA) is 33.3 Å². The fraction of sp³-hybridized carbons (Fsp3) is 0.316. The van der Waals surface area contributed by atoms with E-state index in [4.69, 9.17) is 17.0 Å². The molecule has 0 saturated carbocycles. The largest absolute Gasteiger partial charge is 0.494 e. The summed E-state index contributed by atoms with van der Waals surface area (Å²) in [6, 6.07) is 16.5. The van der Waals surface area contributed by atoms with Gasteiger partial charge in [0.2, 0.25) is 0 Å². The minimum Gasteiger partial charge on any atom is -0.494 e. The lowest BCUT2D eigenvalue weighted by atomic mass is 10.1. The Kier molecular flexibility index (Phi) is 6.88. The number of rotatable bonds is 7. The zero-order valence-corrected chi connectivity index (χ0v) is 14.6. The Labute approximate surface area is 144 Å². The van der Waals surface area contributed by atoms with Gasteiger partial charge in [-0.05, 0) is 68.7 Å². The Morgan fingerprint density at radius 2 is 1.74 bits per heavy atom. The summed E-state index contributed by atoms with van der Waals surface area (Å²) >= 11 is 5.31. The van der Waals surface area contributed by atoms with Crippen LogP contribution in [0.1, 0.15) is 24.5 Å². The fourth-order valence-corrected chi connectivity index (χ4v) is 2.45. The van der Waals surface area contributed by atoms with Crippen LogP contribution in [-0.4, -0.2) is 18.3 Å². The Morgan fingerprint density at radius 3 is 2.39 bits per heavy atom. The lowest BCUT2D eigenvalue weighted by Gasteiger charge is -2.11. The van der Waals surface area contributed by atoms with Gasteiger partial charge in [-0.1, -0.05) is 29.8 Å². The van der Waals surface area contributed by atoms with Gasteiger partial charge in [0.15, 0.2) is 5.11 Å². The number of thiocarbonyl (C=S) groups is 1. The van der Waals surface area contributed by atoms with Gasteiger partial charge in [0.05, 0.1) is 6.61 Å². The molecule has 0 aliphatic rings. The quantitative estimate of drug-likeness (QED) is 0.586. The summed E-state index contributed by atoms with van der Waals surface area (Å²) in [5, 5.41) is 7.10. The molecule has 0 fully saturated rings.